The molecule has 1 saturated carbocycles. The zero-order valence-electron chi connectivity index (χ0n) is 12.7. The van der Waals surface area contributed by atoms with E-state index in [9.17, 15) is 18.0 Å². The van der Waals surface area contributed by atoms with Crippen LogP contribution in [-0.4, -0.2) is 29.8 Å². The maximum Gasteiger partial charge on any atom is 0.573 e. The summed E-state index contributed by atoms with van der Waals surface area (Å²) in [5, 5.41) is 0. The van der Waals surface area contributed by atoms with Crippen molar-refractivity contribution in [3.63, 3.8) is 0 Å². The molecule has 0 heterocycles. The summed E-state index contributed by atoms with van der Waals surface area (Å²) >= 11 is 0. The molecule has 0 aliphatic heterocycles. The van der Waals surface area contributed by atoms with Crippen LogP contribution in [0, 0.1) is 0 Å². The number of amides is 1. The van der Waals surface area contributed by atoms with Crippen molar-refractivity contribution in [1.82, 2.24) is 4.90 Å². The second-order valence-corrected chi connectivity index (χ2v) is 5.68. The number of nitrogens with two attached hydrogens (primary N) is 1. The Bertz CT molecular complexity index is 546. The van der Waals surface area contributed by atoms with E-state index in [2.05, 4.69) is 4.74 Å². The molecular weight excluding hydrogens is 333 g/mol. The van der Waals surface area contributed by atoms with Gasteiger partial charge in [0.1, 0.15) is 5.75 Å². The molecule has 4 nitrogen and oxygen atoms in total. The average Bonchev–Trinajstić information content (AvgIpc) is 2.86. The molecule has 0 spiro atoms. The number of hydrogen-bond acceptors (Lipinski definition) is 3. The van der Waals surface area contributed by atoms with Crippen molar-refractivity contribution in [2.75, 3.05) is 7.05 Å². The van der Waals surface area contributed by atoms with E-state index < -0.39 is 11.9 Å². The Labute approximate surface area is 139 Å². The quantitative estimate of drug-likeness (QED) is 0.905. The van der Waals surface area contributed by atoms with Crippen LogP contribution in [-0.2, 0) is 11.3 Å². The third kappa shape index (κ3) is 5.00. The topological polar surface area (TPSA) is 55.6 Å². The largest absolute Gasteiger partial charge is 0.573 e. The number of ether oxygens (including phenoxy) is 1. The van der Waals surface area contributed by atoms with Gasteiger partial charge in [-0.15, -0.1) is 25.6 Å². The first-order chi connectivity index (χ1) is 10.2. The van der Waals surface area contributed by atoms with Gasteiger partial charge >= 0.3 is 6.36 Å². The summed E-state index contributed by atoms with van der Waals surface area (Å²) in [7, 11) is 1.54. The van der Waals surface area contributed by atoms with Crippen molar-refractivity contribution < 1.29 is 22.7 Å². The third-order valence-electron chi connectivity index (χ3n) is 3.87. The van der Waals surface area contributed by atoms with E-state index in [1.807, 2.05) is 0 Å². The lowest BCUT2D eigenvalue weighted by Crippen LogP contribution is -2.52. The standard InChI is InChI=1S/C15H19F3N2O2.ClH/c1-20(13(21)14(19)8-4-5-9-14)10-11-6-2-3-7-12(11)22-15(16,17)18;/h2-3,6-7H,4-5,8-10,19H2,1H3;1H. The maximum absolute atomic E-state index is 12.4. The molecule has 2 rings (SSSR count). The van der Waals surface area contributed by atoms with E-state index in [4.69, 9.17) is 5.73 Å². The first-order valence-corrected chi connectivity index (χ1v) is 7.09. The zero-order chi connectivity index (χ0) is 16.4. The van der Waals surface area contributed by atoms with Gasteiger partial charge in [0, 0.05) is 19.2 Å². The SMILES string of the molecule is CN(Cc1ccccc1OC(F)(F)F)C(=O)C1(N)CCCC1.Cl. The Morgan fingerprint density at radius 1 is 1.30 bits per heavy atom. The molecule has 0 aromatic heterocycles. The molecule has 130 valence electrons. The minimum absolute atomic E-state index is 0. The highest BCUT2D eigenvalue weighted by Crippen LogP contribution is 2.31. The smallest absolute Gasteiger partial charge is 0.405 e. The van der Waals surface area contributed by atoms with Crippen LogP contribution in [0.2, 0.25) is 0 Å². The molecule has 1 aliphatic carbocycles. The van der Waals surface area contributed by atoms with Crippen molar-refractivity contribution >= 4 is 18.3 Å². The lowest BCUT2D eigenvalue weighted by Gasteiger charge is -2.29. The Balaban J connectivity index is 0.00000264. The predicted molar refractivity (Wildman–Crippen MR) is 82.2 cm³/mol. The Hall–Kier alpha value is -1.47. The highest BCUT2D eigenvalue weighted by Gasteiger charge is 2.39. The van der Waals surface area contributed by atoms with Gasteiger partial charge in [0.25, 0.3) is 0 Å². The molecular formula is C15H20ClF3N2O2. The number of hydrogen-bond donors (Lipinski definition) is 1. The molecule has 0 atom stereocenters. The molecule has 0 unspecified atom stereocenters. The van der Waals surface area contributed by atoms with Crippen LogP contribution in [0.25, 0.3) is 0 Å². The lowest BCUT2D eigenvalue weighted by atomic mass is 9.97. The highest BCUT2D eigenvalue weighted by atomic mass is 35.5. The molecule has 1 fully saturated rings. The average molecular weight is 353 g/mol. The summed E-state index contributed by atoms with van der Waals surface area (Å²) in [6.45, 7) is 0.0179. The van der Waals surface area contributed by atoms with Gasteiger partial charge in [-0.05, 0) is 18.9 Å². The Morgan fingerprint density at radius 2 is 1.87 bits per heavy atom. The number of rotatable bonds is 4. The van der Waals surface area contributed by atoms with E-state index in [1.54, 1.807) is 13.1 Å². The molecule has 0 saturated heterocycles. The lowest BCUT2D eigenvalue weighted by molar-refractivity contribution is -0.275. The fourth-order valence-corrected chi connectivity index (χ4v) is 2.79. The zero-order valence-corrected chi connectivity index (χ0v) is 13.5. The van der Waals surface area contributed by atoms with Crippen molar-refractivity contribution in [3.8, 4) is 5.75 Å². The minimum Gasteiger partial charge on any atom is -0.405 e. The van der Waals surface area contributed by atoms with Crippen molar-refractivity contribution in [1.29, 1.82) is 0 Å². The molecule has 8 heteroatoms. The van der Waals surface area contributed by atoms with Gasteiger partial charge in [-0.3, -0.25) is 4.79 Å². The molecule has 1 amide bonds. The van der Waals surface area contributed by atoms with Gasteiger partial charge in [-0.25, -0.2) is 0 Å². The molecule has 1 aromatic carbocycles. The summed E-state index contributed by atoms with van der Waals surface area (Å²) < 4.78 is 41.2. The van der Waals surface area contributed by atoms with Crippen LogP contribution in [0.1, 0.15) is 31.2 Å². The van der Waals surface area contributed by atoms with Gasteiger partial charge in [0.15, 0.2) is 0 Å². The number of likely N-dealkylation sites (N-methyl/N-ethyl adjacent to an activating group) is 1. The van der Waals surface area contributed by atoms with Crippen LogP contribution in [0.3, 0.4) is 0 Å². The highest BCUT2D eigenvalue weighted by molar-refractivity contribution is 5.86. The Kier molecular flexibility index (Phi) is 6.30. The van der Waals surface area contributed by atoms with Crippen molar-refractivity contribution in [3.05, 3.63) is 29.8 Å². The van der Waals surface area contributed by atoms with E-state index in [0.29, 0.717) is 12.8 Å². The number of carbonyl (C=O) groups excluding carboxylic acids is 1. The summed E-state index contributed by atoms with van der Waals surface area (Å²) in [6.07, 6.45) is -1.76. The first kappa shape index (κ1) is 19.6. The molecule has 2 N–H and O–H groups in total. The van der Waals surface area contributed by atoms with Gasteiger partial charge in [0.2, 0.25) is 5.91 Å². The number of para-hydroxylation sites is 1. The molecule has 1 aromatic rings. The number of benzene rings is 1. The van der Waals surface area contributed by atoms with E-state index in [-0.39, 0.29) is 36.2 Å². The van der Waals surface area contributed by atoms with Crippen LogP contribution in [0.5, 0.6) is 5.75 Å². The Morgan fingerprint density at radius 3 is 2.43 bits per heavy atom. The van der Waals surface area contributed by atoms with Crippen molar-refractivity contribution in [2.45, 2.75) is 44.1 Å². The van der Waals surface area contributed by atoms with Gasteiger partial charge in [0.05, 0.1) is 5.54 Å². The maximum atomic E-state index is 12.4. The molecule has 1 aliphatic rings. The first-order valence-electron chi connectivity index (χ1n) is 7.09. The van der Waals surface area contributed by atoms with Gasteiger partial charge < -0.3 is 15.4 Å². The summed E-state index contributed by atoms with van der Waals surface area (Å²) in [5.41, 5.74) is 5.49. The number of alkyl halides is 3. The molecule has 0 bridgehead atoms. The normalized spacial score (nSPS) is 16.6. The second-order valence-electron chi connectivity index (χ2n) is 5.68. The fourth-order valence-electron chi connectivity index (χ4n) is 2.79. The fraction of sp³-hybridized carbons (Fsp3) is 0.533. The molecule has 0 radical (unpaired) electrons. The van der Waals surface area contributed by atoms with Crippen molar-refractivity contribution in [2.24, 2.45) is 5.73 Å². The summed E-state index contributed by atoms with van der Waals surface area (Å²) in [5.74, 6) is -0.543. The minimum atomic E-state index is -4.76. The van der Waals surface area contributed by atoms with Gasteiger partial charge in [-0.2, -0.15) is 0 Å². The van der Waals surface area contributed by atoms with Crippen LogP contribution in [0.4, 0.5) is 13.2 Å². The molecule has 23 heavy (non-hydrogen) atoms. The van der Waals surface area contributed by atoms with Gasteiger partial charge in [-0.1, -0.05) is 31.0 Å². The van der Waals surface area contributed by atoms with Crippen LogP contribution < -0.4 is 10.5 Å². The van der Waals surface area contributed by atoms with E-state index in [0.717, 1.165) is 12.8 Å². The third-order valence-corrected chi connectivity index (χ3v) is 3.87. The van der Waals surface area contributed by atoms with E-state index in [1.165, 1.54) is 23.1 Å². The van der Waals surface area contributed by atoms with Crippen LogP contribution >= 0.6 is 12.4 Å². The summed E-state index contributed by atoms with van der Waals surface area (Å²) in [6, 6.07) is 5.79. The summed E-state index contributed by atoms with van der Waals surface area (Å²) in [4.78, 5) is 13.8. The monoisotopic (exact) mass is 352 g/mol. The van der Waals surface area contributed by atoms with E-state index >= 15 is 0 Å². The second kappa shape index (κ2) is 7.40. The predicted octanol–water partition coefficient (Wildman–Crippen LogP) is 3.24. The number of halogens is 4. The van der Waals surface area contributed by atoms with Crippen LogP contribution in [0.15, 0.2) is 24.3 Å². The number of nitrogens with zero attached hydrogens (tertiary/aromatic N) is 1. The number of carbonyl (C=O) groups is 1.